The van der Waals surface area contributed by atoms with Crippen molar-refractivity contribution in [3.05, 3.63) is 63.6 Å². The van der Waals surface area contributed by atoms with Gasteiger partial charge in [-0.05, 0) is 49.2 Å². The van der Waals surface area contributed by atoms with Crippen molar-refractivity contribution in [1.29, 1.82) is 0 Å². The third-order valence-electron chi connectivity index (χ3n) is 3.34. The molecule has 20 heavy (non-hydrogen) atoms. The summed E-state index contributed by atoms with van der Waals surface area (Å²) in [5.41, 5.74) is 8.96. The highest BCUT2D eigenvalue weighted by atomic mass is 79.9. The third kappa shape index (κ3) is 3.20. The molecule has 0 aromatic heterocycles. The Morgan fingerprint density at radius 1 is 1.20 bits per heavy atom. The maximum absolute atomic E-state index is 12.3. The summed E-state index contributed by atoms with van der Waals surface area (Å²) in [5, 5.41) is 2.99. The quantitative estimate of drug-likeness (QED) is 0.839. The Hall–Kier alpha value is -1.81. The largest absolute Gasteiger partial charge is 0.398 e. The Morgan fingerprint density at radius 3 is 2.50 bits per heavy atom. The van der Waals surface area contributed by atoms with Crippen LogP contribution in [0.25, 0.3) is 0 Å². The normalized spacial score (nSPS) is 11.9. The van der Waals surface area contributed by atoms with Gasteiger partial charge in [0.1, 0.15) is 0 Å². The highest BCUT2D eigenvalue weighted by Gasteiger charge is 2.14. The summed E-state index contributed by atoms with van der Waals surface area (Å²) in [5.74, 6) is -0.106. The minimum absolute atomic E-state index is 0.0589. The lowest BCUT2D eigenvalue weighted by Gasteiger charge is -2.16. The third-order valence-corrected chi connectivity index (χ3v) is 3.87. The fourth-order valence-electron chi connectivity index (χ4n) is 2.01. The predicted molar refractivity (Wildman–Crippen MR) is 85.6 cm³/mol. The van der Waals surface area contributed by atoms with Gasteiger partial charge in [-0.2, -0.15) is 0 Å². The molecule has 1 atom stereocenters. The molecule has 104 valence electrons. The van der Waals surface area contributed by atoms with E-state index >= 15 is 0 Å². The van der Waals surface area contributed by atoms with Crippen molar-refractivity contribution in [2.75, 3.05) is 5.73 Å². The van der Waals surface area contributed by atoms with Gasteiger partial charge < -0.3 is 11.1 Å². The van der Waals surface area contributed by atoms with Crippen LogP contribution in [0, 0.1) is 6.92 Å². The maximum atomic E-state index is 12.3. The number of benzene rings is 2. The van der Waals surface area contributed by atoms with Crippen LogP contribution in [0.2, 0.25) is 0 Å². The minimum Gasteiger partial charge on any atom is -0.398 e. The van der Waals surface area contributed by atoms with Crippen LogP contribution < -0.4 is 11.1 Å². The molecular weight excluding hydrogens is 316 g/mol. The average Bonchev–Trinajstić information content (AvgIpc) is 2.42. The SMILES string of the molecule is Cc1c(N)cccc1C(=O)NC(C)c1ccc(Br)cc1. The Morgan fingerprint density at radius 2 is 1.85 bits per heavy atom. The van der Waals surface area contributed by atoms with Gasteiger partial charge in [0.15, 0.2) is 0 Å². The van der Waals surface area contributed by atoms with E-state index < -0.39 is 0 Å². The summed E-state index contributed by atoms with van der Waals surface area (Å²) in [6.07, 6.45) is 0. The highest BCUT2D eigenvalue weighted by molar-refractivity contribution is 9.10. The number of carbonyl (C=O) groups excluding carboxylic acids is 1. The Bertz CT molecular complexity index is 623. The summed E-state index contributed by atoms with van der Waals surface area (Å²) >= 11 is 3.40. The van der Waals surface area contributed by atoms with Crippen LogP contribution >= 0.6 is 15.9 Å². The molecule has 0 bridgehead atoms. The van der Waals surface area contributed by atoms with Gasteiger partial charge in [-0.15, -0.1) is 0 Å². The van der Waals surface area contributed by atoms with E-state index in [0.29, 0.717) is 11.3 Å². The molecule has 1 unspecified atom stereocenters. The summed E-state index contributed by atoms with van der Waals surface area (Å²) in [4.78, 5) is 12.3. The first kappa shape index (κ1) is 14.6. The van der Waals surface area contributed by atoms with Gasteiger partial charge in [-0.3, -0.25) is 4.79 Å². The summed E-state index contributed by atoms with van der Waals surface area (Å²) in [6.45, 7) is 3.82. The number of carbonyl (C=O) groups is 1. The lowest BCUT2D eigenvalue weighted by Crippen LogP contribution is -2.27. The Balaban J connectivity index is 2.15. The molecule has 0 saturated heterocycles. The monoisotopic (exact) mass is 332 g/mol. The number of nitrogen functional groups attached to an aromatic ring is 1. The number of anilines is 1. The number of rotatable bonds is 3. The zero-order valence-corrected chi connectivity index (χ0v) is 13.1. The second-order valence-corrected chi connectivity index (χ2v) is 5.68. The Kier molecular flexibility index (Phi) is 4.45. The summed E-state index contributed by atoms with van der Waals surface area (Å²) < 4.78 is 1.02. The van der Waals surface area contributed by atoms with Gasteiger partial charge in [0.2, 0.25) is 0 Å². The van der Waals surface area contributed by atoms with Gasteiger partial charge in [0.25, 0.3) is 5.91 Å². The van der Waals surface area contributed by atoms with Crippen molar-refractivity contribution in [3.8, 4) is 0 Å². The van der Waals surface area contributed by atoms with Crippen molar-refractivity contribution in [3.63, 3.8) is 0 Å². The number of nitrogens with two attached hydrogens (primary N) is 1. The average molecular weight is 333 g/mol. The minimum atomic E-state index is -0.106. The lowest BCUT2D eigenvalue weighted by molar-refractivity contribution is 0.0939. The van der Waals surface area contributed by atoms with Crippen LogP contribution in [0.15, 0.2) is 46.9 Å². The molecule has 0 fully saturated rings. The molecule has 1 amide bonds. The van der Waals surface area contributed by atoms with E-state index in [1.165, 1.54) is 0 Å². The van der Waals surface area contributed by atoms with Gasteiger partial charge in [0.05, 0.1) is 6.04 Å². The van der Waals surface area contributed by atoms with Crippen LogP contribution in [-0.4, -0.2) is 5.91 Å². The van der Waals surface area contributed by atoms with Crippen LogP contribution in [0.4, 0.5) is 5.69 Å². The van der Waals surface area contributed by atoms with Crippen molar-refractivity contribution < 1.29 is 4.79 Å². The number of amides is 1. The zero-order valence-electron chi connectivity index (χ0n) is 11.5. The molecular formula is C16H17BrN2O. The molecule has 0 heterocycles. The standard InChI is InChI=1S/C16H17BrN2O/c1-10-14(4-3-5-15(10)18)16(20)19-11(2)12-6-8-13(17)9-7-12/h3-9,11H,18H2,1-2H3,(H,19,20). The van der Waals surface area contributed by atoms with Crippen LogP contribution in [0.1, 0.15) is 34.5 Å². The number of halogens is 1. The van der Waals surface area contributed by atoms with Crippen LogP contribution in [-0.2, 0) is 0 Å². The molecule has 2 aromatic carbocycles. The first-order valence-corrected chi connectivity index (χ1v) is 7.19. The second-order valence-electron chi connectivity index (χ2n) is 4.77. The molecule has 4 heteroatoms. The van der Waals surface area contributed by atoms with E-state index in [1.807, 2.05) is 38.1 Å². The van der Waals surface area contributed by atoms with Crippen molar-refractivity contribution in [2.45, 2.75) is 19.9 Å². The first-order chi connectivity index (χ1) is 9.49. The van der Waals surface area contributed by atoms with Crippen molar-refractivity contribution in [1.82, 2.24) is 5.32 Å². The van der Waals surface area contributed by atoms with E-state index in [4.69, 9.17) is 5.73 Å². The Labute approximate surface area is 127 Å². The van der Waals surface area contributed by atoms with E-state index in [-0.39, 0.29) is 11.9 Å². The number of nitrogens with one attached hydrogen (secondary N) is 1. The molecule has 2 rings (SSSR count). The van der Waals surface area contributed by atoms with Gasteiger partial charge in [-0.25, -0.2) is 0 Å². The molecule has 3 N–H and O–H groups in total. The van der Waals surface area contributed by atoms with Crippen LogP contribution in [0.3, 0.4) is 0 Å². The second kappa shape index (κ2) is 6.09. The van der Waals surface area contributed by atoms with E-state index in [2.05, 4.69) is 21.2 Å². The van der Waals surface area contributed by atoms with E-state index in [9.17, 15) is 4.79 Å². The zero-order chi connectivity index (χ0) is 14.7. The van der Waals surface area contributed by atoms with Gasteiger partial charge in [0, 0.05) is 15.7 Å². The molecule has 0 aliphatic heterocycles. The molecule has 0 spiro atoms. The van der Waals surface area contributed by atoms with E-state index in [1.54, 1.807) is 18.2 Å². The molecule has 2 aromatic rings. The van der Waals surface area contributed by atoms with Crippen molar-refractivity contribution in [2.24, 2.45) is 0 Å². The first-order valence-electron chi connectivity index (χ1n) is 6.40. The van der Waals surface area contributed by atoms with Crippen molar-refractivity contribution >= 4 is 27.5 Å². The highest BCUT2D eigenvalue weighted by Crippen LogP contribution is 2.19. The topological polar surface area (TPSA) is 55.1 Å². The molecule has 0 aliphatic rings. The van der Waals surface area contributed by atoms with E-state index in [0.717, 1.165) is 15.6 Å². The molecule has 3 nitrogen and oxygen atoms in total. The number of hydrogen-bond acceptors (Lipinski definition) is 2. The van der Waals surface area contributed by atoms with Gasteiger partial charge in [-0.1, -0.05) is 34.1 Å². The smallest absolute Gasteiger partial charge is 0.252 e. The molecule has 0 saturated carbocycles. The maximum Gasteiger partial charge on any atom is 0.252 e. The summed E-state index contributed by atoms with van der Waals surface area (Å²) in [7, 11) is 0. The number of hydrogen-bond donors (Lipinski definition) is 2. The van der Waals surface area contributed by atoms with Gasteiger partial charge >= 0.3 is 0 Å². The lowest BCUT2D eigenvalue weighted by atomic mass is 10.0. The molecule has 0 aliphatic carbocycles. The fourth-order valence-corrected chi connectivity index (χ4v) is 2.27. The fraction of sp³-hybridized carbons (Fsp3) is 0.188. The summed E-state index contributed by atoms with van der Waals surface area (Å²) in [6, 6.07) is 13.2. The predicted octanol–water partition coefficient (Wildman–Crippen LogP) is 3.83. The van der Waals surface area contributed by atoms with Crippen LogP contribution in [0.5, 0.6) is 0 Å². The molecule has 0 radical (unpaired) electrons.